The van der Waals surface area contributed by atoms with Crippen LogP contribution in [0.5, 0.6) is 0 Å². The summed E-state index contributed by atoms with van der Waals surface area (Å²) < 4.78 is 35.8. The quantitative estimate of drug-likeness (QED) is 0.796. The van der Waals surface area contributed by atoms with E-state index in [1.54, 1.807) is 37.4 Å². The SMILES string of the molecule is CC(NS(=O)(=O)c1cccc2nsnc12)c1ccccn1. The highest BCUT2D eigenvalue weighted by Crippen LogP contribution is 2.22. The van der Waals surface area contributed by atoms with Crippen LogP contribution in [0.3, 0.4) is 0 Å². The fraction of sp³-hybridized carbons (Fsp3) is 0.154. The largest absolute Gasteiger partial charge is 0.260 e. The van der Waals surface area contributed by atoms with Gasteiger partial charge in [-0.2, -0.15) is 8.75 Å². The van der Waals surface area contributed by atoms with Crippen molar-refractivity contribution in [1.82, 2.24) is 18.5 Å². The van der Waals surface area contributed by atoms with E-state index in [1.165, 1.54) is 6.07 Å². The van der Waals surface area contributed by atoms with Gasteiger partial charge in [-0.1, -0.05) is 12.1 Å². The van der Waals surface area contributed by atoms with E-state index in [9.17, 15) is 8.42 Å². The molecule has 108 valence electrons. The van der Waals surface area contributed by atoms with Crippen LogP contribution in [0, 0.1) is 0 Å². The van der Waals surface area contributed by atoms with Crippen molar-refractivity contribution in [2.24, 2.45) is 0 Å². The molecule has 0 radical (unpaired) electrons. The number of pyridine rings is 1. The number of benzene rings is 1. The predicted octanol–water partition coefficient (Wildman–Crippen LogP) is 2.13. The third-order valence-corrected chi connectivity index (χ3v) is 5.12. The van der Waals surface area contributed by atoms with E-state index in [1.807, 2.05) is 6.07 Å². The topological polar surface area (TPSA) is 84.8 Å². The van der Waals surface area contributed by atoms with Crippen molar-refractivity contribution < 1.29 is 8.42 Å². The molecule has 0 fully saturated rings. The summed E-state index contributed by atoms with van der Waals surface area (Å²) in [5.41, 5.74) is 1.63. The number of hydrogen-bond acceptors (Lipinski definition) is 6. The Morgan fingerprint density at radius 3 is 2.76 bits per heavy atom. The normalized spacial score (nSPS) is 13.4. The monoisotopic (exact) mass is 320 g/mol. The molecule has 21 heavy (non-hydrogen) atoms. The number of hydrogen-bond donors (Lipinski definition) is 1. The number of sulfonamides is 1. The van der Waals surface area contributed by atoms with Gasteiger partial charge in [-0.25, -0.2) is 13.1 Å². The van der Waals surface area contributed by atoms with Gasteiger partial charge in [0.15, 0.2) is 0 Å². The van der Waals surface area contributed by atoms with Crippen LogP contribution in [-0.4, -0.2) is 22.1 Å². The lowest BCUT2D eigenvalue weighted by Gasteiger charge is -2.13. The van der Waals surface area contributed by atoms with Crippen molar-refractivity contribution in [3.05, 3.63) is 48.3 Å². The summed E-state index contributed by atoms with van der Waals surface area (Å²) in [6.07, 6.45) is 1.63. The van der Waals surface area contributed by atoms with Crippen LogP contribution in [0.25, 0.3) is 11.0 Å². The molecule has 0 spiro atoms. The lowest BCUT2D eigenvalue weighted by Crippen LogP contribution is -2.27. The lowest BCUT2D eigenvalue weighted by molar-refractivity contribution is 0.565. The van der Waals surface area contributed by atoms with E-state index in [4.69, 9.17) is 0 Å². The Balaban J connectivity index is 1.96. The van der Waals surface area contributed by atoms with Crippen LogP contribution in [0.15, 0.2) is 47.5 Å². The molecule has 0 bridgehead atoms. The van der Waals surface area contributed by atoms with Crippen molar-refractivity contribution in [3.63, 3.8) is 0 Å². The molecule has 1 unspecified atom stereocenters. The average molecular weight is 320 g/mol. The molecule has 2 aromatic heterocycles. The summed E-state index contributed by atoms with van der Waals surface area (Å²) in [6.45, 7) is 1.75. The summed E-state index contributed by atoms with van der Waals surface area (Å²) in [5.74, 6) is 0. The van der Waals surface area contributed by atoms with Gasteiger partial charge in [-0.05, 0) is 31.2 Å². The van der Waals surface area contributed by atoms with E-state index >= 15 is 0 Å². The molecule has 6 nitrogen and oxygen atoms in total. The molecule has 0 saturated heterocycles. The summed E-state index contributed by atoms with van der Waals surface area (Å²) >= 11 is 0.994. The Morgan fingerprint density at radius 1 is 1.14 bits per heavy atom. The van der Waals surface area contributed by atoms with Crippen LogP contribution < -0.4 is 4.72 Å². The summed E-state index contributed by atoms with van der Waals surface area (Å²) in [5, 5.41) is 0. The highest BCUT2D eigenvalue weighted by molar-refractivity contribution is 7.89. The van der Waals surface area contributed by atoms with E-state index < -0.39 is 16.1 Å². The first-order valence-corrected chi connectivity index (χ1v) is 8.44. The maximum Gasteiger partial charge on any atom is 0.243 e. The molecule has 1 atom stereocenters. The summed E-state index contributed by atoms with van der Waals surface area (Å²) in [4.78, 5) is 4.29. The lowest BCUT2D eigenvalue weighted by atomic mass is 10.2. The van der Waals surface area contributed by atoms with Crippen molar-refractivity contribution in [1.29, 1.82) is 0 Å². The van der Waals surface area contributed by atoms with Crippen molar-refractivity contribution in [2.45, 2.75) is 17.9 Å². The third-order valence-electron chi connectivity index (χ3n) is 3.00. The molecule has 3 aromatic rings. The molecule has 8 heteroatoms. The van der Waals surface area contributed by atoms with Crippen molar-refractivity contribution in [2.75, 3.05) is 0 Å². The molecule has 0 saturated carbocycles. The number of rotatable bonds is 4. The Hall–Kier alpha value is -1.90. The van der Waals surface area contributed by atoms with Gasteiger partial charge in [-0.15, -0.1) is 0 Å². The maximum absolute atomic E-state index is 12.5. The van der Waals surface area contributed by atoms with Gasteiger partial charge >= 0.3 is 0 Å². The second kappa shape index (κ2) is 5.47. The van der Waals surface area contributed by atoms with Crippen molar-refractivity contribution >= 4 is 32.8 Å². The Morgan fingerprint density at radius 2 is 2.00 bits per heavy atom. The van der Waals surface area contributed by atoms with Gasteiger partial charge in [0.1, 0.15) is 15.9 Å². The number of nitrogens with zero attached hydrogens (tertiary/aromatic N) is 3. The second-order valence-corrected chi connectivity index (χ2v) is 6.70. The molecule has 0 aliphatic rings. The van der Waals surface area contributed by atoms with E-state index in [2.05, 4.69) is 18.5 Å². The van der Waals surface area contributed by atoms with E-state index in [-0.39, 0.29) is 4.90 Å². The first kappa shape index (κ1) is 14.1. The van der Waals surface area contributed by atoms with E-state index in [0.717, 1.165) is 11.7 Å². The second-order valence-electron chi connectivity index (χ2n) is 4.49. The predicted molar refractivity (Wildman–Crippen MR) is 80.4 cm³/mol. The van der Waals surface area contributed by atoms with Crippen LogP contribution in [0.4, 0.5) is 0 Å². The fourth-order valence-electron chi connectivity index (χ4n) is 1.99. The fourth-order valence-corrected chi connectivity index (χ4v) is 3.97. The van der Waals surface area contributed by atoms with Crippen LogP contribution >= 0.6 is 11.7 Å². The molecule has 0 amide bonds. The smallest absolute Gasteiger partial charge is 0.243 e. The minimum Gasteiger partial charge on any atom is -0.260 e. The van der Waals surface area contributed by atoms with Gasteiger partial charge in [0.05, 0.1) is 23.5 Å². The highest BCUT2D eigenvalue weighted by Gasteiger charge is 2.22. The molecule has 1 aromatic carbocycles. The molecular formula is C13H12N4O2S2. The minimum atomic E-state index is -3.69. The zero-order chi connectivity index (χ0) is 14.9. The van der Waals surface area contributed by atoms with Crippen LogP contribution in [0.2, 0.25) is 0 Å². The standard InChI is InChI=1S/C13H12N4O2S2/c1-9(10-5-2-3-8-14-10)17-21(18,19)12-7-4-6-11-13(12)16-20-15-11/h2-9,17H,1H3. The number of fused-ring (bicyclic) bond motifs is 1. The Labute approximate surface area is 126 Å². The molecule has 0 aliphatic carbocycles. The Kier molecular flexibility index (Phi) is 3.66. The van der Waals surface area contributed by atoms with Gasteiger partial charge in [0.25, 0.3) is 0 Å². The Bertz CT molecular complexity index is 862. The maximum atomic E-state index is 12.5. The molecule has 1 N–H and O–H groups in total. The van der Waals surface area contributed by atoms with Crippen molar-refractivity contribution in [3.8, 4) is 0 Å². The number of nitrogens with one attached hydrogen (secondary N) is 1. The zero-order valence-corrected chi connectivity index (χ0v) is 12.7. The molecule has 2 heterocycles. The minimum absolute atomic E-state index is 0.136. The summed E-state index contributed by atoms with van der Waals surface area (Å²) in [6, 6.07) is 9.86. The molecular weight excluding hydrogens is 308 g/mol. The van der Waals surface area contributed by atoms with E-state index in [0.29, 0.717) is 16.7 Å². The average Bonchev–Trinajstić information content (AvgIpc) is 2.95. The van der Waals surface area contributed by atoms with Crippen LogP contribution in [-0.2, 0) is 10.0 Å². The first-order valence-electron chi connectivity index (χ1n) is 6.22. The van der Waals surface area contributed by atoms with Gasteiger partial charge in [-0.3, -0.25) is 4.98 Å². The van der Waals surface area contributed by atoms with Crippen LogP contribution in [0.1, 0.15) is 18.7 Å². The summed E-state index contributed by atoms with van der Waals surface area (Å²) in [7, 11) is -3.69. The third kappa shape index (κ3) is 2.78. The van der Waals surface area contributed by atoms with Gasteiger partial charge < -0.3 is 0 Å². The first-order chi connectivity index (χ1) is 10.1. The zero-order valence-electron chi connectivity index (χ0n) is 11.1. The molecule has 0 aliphatic heterocycles. The van der Waals surface area contributed by atoms with Gasteiger partial charge in [0.2, 0.25) is 10.0 Å². The molecule has 3 rings (SSSR count). The number of aromatic nitrogens is 3. The van der Waals surface area contributed by atoms with Gasteiger partial charge in [0, 0.05) is 6.20 Å². The highest BCUT2D eigenvalue weighted by atomic mass is 32.2.